The zero-order valence-corrected chi connectivity index (χ0v) is 22.7. The van der Waals surface area contributed by atoms with Crippen LogP contribution >= 0.6 is 0 Å². The van der Waals surface area contributed by atoms with E-state index in [1.54, 1.807) is 19.2 Å². The first-order valence-electron chi connectivity index (χ1n) is 12.2. The van der Waals surface area contributed by atoms with Gasteiger partial charge in [0.2, 0.25) is 5.95 Å². The van der Waals surface area contributed by atoms with Crippen LogP contribution in [0.15, 0.2) is 90.0 Å². The van der Waals surface area contributed by atoms with E-state index in [-0.39, 0.29) is 22.6 Å². The average molecular weight is 562 g/mol. The van der Waals surface area contributed by atoms with Gasteiger partial charge in [-0.2, -0.15) is 0 Å². The summed E-state index contributed by atoms with van der Waals surface area (Å²) in [5.41, 5.74) is 2.02. The quantitative estimate of drug-likeness (QED) is 0.214. The van der Waals surface area contributed by atoms with E-state index in [9.17, 15) is 23.3 Å². The van der Waals surface area contributed by atoms with Gasteiger partial charge in [0, 0.05) is 38.3 Å². The van der Waals surface area contributed by atoms with Crippen molar-refractivity contribution in [1.82, 2.24) is 14.7 Å². The second kappa shape index (κ2) is 12.3. The van der Waals surface area contributed by atoms with E-state index in [4.69, 9.17) is 4.74 Å². The van der Waals surface area contributed by atoms with Crippen molar-refractivity contribution in [2.75, 3.05) is 25.6 Å². The number of carbonyl (C=O) groups is 1. The van der Waals surface area contributed by atoms with Crippen LogP contribution in [0.5, 0.6) is 5.75 Å². The lowest BCUT2D eigenvalue weighted by atomic mass is 10.1. The molecule has 0 fully saturated rings. The maximum atomic E-state index is 13.2. The van der Waals surface area contributed by atoms with Crippen LogP contribution in [0.3, 0.4) is 0 Å². The summed E-state index contributed by atoms with van der Waals surface area (Å²) in [6, 6.07) is 21.4. The molecule has 0 aliphatic heterocycles. The molecule has 3 aromatic carbocycles. The number of anilines is 1. The molecule has 0 saturated heterocycles. The number of methoxy groups -OCH3 is 1. The first kappa shape index (κ1) is 28.2. The van der Waals surface area contributed by atoms with Crippen LogP contribution in [0.25, 0.3) is 0 Å². The standard InChI is InChI=1S/C28H27N5O6S/c1-32(17-16-20-6-4-3-5-7-20)28-29-19-25(26(30-28)18-21-8-12-23(39-2)13-9-21)27(34)31-40(37,38)24-14-10-22(11-15-24)33(35)36/h3-15,19H,16-18H2,1-2H3,(H,31,34). The van der Waals surface area contributed by atoms with Crippen molar-refractivity contribution in [1.29, 1.82) is 0 Å². The Kier molecular flexibility index (Phi) is 8.70. The Morgan fingerprint density at radius 2 is 1.68 bits per heavy atom. The Labute approximate surface area is 231 Å². The Morgan fingerprint density at radius 3 is 2.30 bits per heavy atom. The molecule has 0 aliphatic carbocycles. The van der Waals surface area contributed by atoms with Gasteiger partial charge in [0.05, 0.1) is 28.2 Å². The smallest absolute Gasteiger partial charge is 0.269 e. The molecule has 4 aromatic rings. The molecule has 0 atom stereocenters. The molecule has 206 valence electrons. The van der Waals surface area contributed by atoms with Gasteiger partial charge in [0.25, 0.3) is 21.6 Å². The molecule has 0 aliphatic rings. The molecule has 0 bridgehead atoms. The molecule has 0 spiro atoms. The summed E-state index contributed by atoms with van der Waals surface area (Å²) in [4.78, 5) is 34.0. The number of likely N-dealkylation sites (N-methyl/N-ethyl adjacent to an activating group) is 1. The van der Waals surface area contributed by atoms with E-state index in [0.717, 1.165) is 41.8 Å². The Balaban J connectivity index is 1.60. The number of hydrogen-bond acceptors (Lipinski definition) is 9. The maximum Gasteiger partial charge on any atom is 0.269 e. The van der Waals surface area contributed by atoms with Gasteiger partial charge in [-0.15, -0.1) is 0 Å². The lowest BCUT2D eigenvalue weighted by molar-refractivity contribution is -0.384. The van der Waals surface area contributed by atoms with Crippen LogP contribution < -0.4 is 14.4 Å². The molecule has 0 radical (unpaired) electrons. The fourth-order valence-electron chi connectivity index (χ4n) is 3.88. The highest BCUT2D eigenvalue weighted by Gasteiger charge is 2.23. The van der Waals surface area contributed by atoms with Crippen LogP contribution in [0.4, 0.5) is 11.6 Å². The summed E-state index contributed by atoms with van der Waals surface area (Å²) >= 11 is 0. The molecular formula is C28H27N5O6S. The van der Waals surface area contributed by atoms with Crippen LogP contribution in [-0.4, -0.2) is 49.9 Å². The number of ether oxygens (including phenoxy) is 1. The number of nitrogens with one attached hydrogen (secondary N) is 1. The predicted octanol–water partition coefficient (Wildman–Crippen LogP) is 3.78. The average Bonchev–Trinajstić information content (AvgIpc) is 2.96. The highest BCUT2D eigenvalue weighted by Crippen LogP contribution is 2.20. The van der Waals surface area contributed by atoms with Crippen molar-refractivity contribution >= 4 is 27.6 Å². The van der Waals surface area contributed by atoms with Crippen molar-refractivity contribution < 1.29 is 22.9 Å². The molecule has 1 amide bonds. The van der Waals surface area contributed by atoms with Gasteiger partial charge in [-0.05, 0) is 41.8 Å². The largest absolute Gasteiger partial charge is 0.497 e. The van der Waals surface area contributed by atoms with Crippen molar-refractivity contribution in [2.45, 2.75) is 17.7 Å². The predicted molar refractivity (Wildman–Crippen MR) is 149 cm³/mol. The number of nitrogens with zero attached hydrogens (tertiary/aromatic N) is 4. The lowest BCUT2D eigenvalue weighted by Gasteiger charge is -2.19. The van der Waals surface area contributed by atoms with Gasteiger partial charge in [0.15, 0.2) is 0 Å². The normalized spacial score (nSPS) is 11.1. The van der Waals surface area contributed by atoms with Crippen molar-refractivity contribution in [2.24, 2.45) is 0 Å². The number of hydrogen-bond donors (Lipinski definition) is 1. The Bertz CT molecular complexity index is 1600. The van der Waals surface area contributed by atoms with Crippen LogP contribution in [-0.2, 0) is 22.9 Å². The maximum absolute atomic E-state index is 13.2. The summed E-state index contributed by atoms with van der Waals surface area (Å²) in [5.74, 6) is 0.134. The summed E-state index contributed by atoms with van der Waals surface area (Å²) in [6.07, 6.45) is 2.29. The third-order valence-corrected chi connectivity index (χ3v) is 7.48. The fourth-order valence-corrected chi connectivity index (χ4v) is 4.84. The zero-order chi connectivity index (χ0) is 28.7. The number of rotatable bonds is 11. The minimum absolute atomic E-state index is 0.0125. The van der Waals surface area contributed by atoms with E-state index in [1.807, 2.05) is 59.1 Å². The van der Waals surface area contributed by atoms with Crippen molar-refractivity contribution in [3.63, 3.8) is 0 Å². The van der Waals surface area contributed by atoms with E-state index < -0.39 is 20.9 Å². The molecule has 40 heavy (non-hydrogen) atoms. The van der Waals surface area contributed by atoms with E-state index in [2.05, 4.69) is 9.97 Å². The molecule has 0 saturated carbocycles. The van der Waals surface area contributed by atoms with E-state index >= 15 is 0 Å². The van der Waals surface area contributed by atoms with Gasteiger partial charge in [-0.25, -0.2) is 23.1 Å². The lowest BCUT2D eigenvalue weighted by Crippen LogP contribution is -2.32. The summed E-state index contributed by atoms with van der Waals surface area (Å²) in [5, 5.41) is 10.9. The fraction of sp³-hybridized carbons (Fsp3) is 0.179. The third kappa shape index (κ3) is 6.97. The first-order chi connectivity index (χ1) is 19.2. The van der Waals surface area contributed by atoms with Crippen LogP contribution in [0, 0.1) is 10.1 Å². The molecule has 1 N–H and O–H groups in total. The molecule has 4 rings (SSSR count). The van der Waals surface area contributed by atoms with Gasteiger partial charge in [0.1, 0.15) is 5.75 Å². The zero-order valence-electron chi connectivity index (χ0n) is 21.9. The topological polar surface area (TPSA) is 145 Å². The monoisotopic (exact) mass is 561 g/mol. The second-order valence-corrected chi connectivity index (χ2v) is 10.6. The Hall–Kier alpha value is -4.84. The second-order valence-electron chi connectivity index (χ2n) is 8.90. The number of nitro groups is 1. The van der Waals surface area contributed by atoms with Gasteiger partial charge in [-0.1, -0.05) is 42.5 Å². The highest BCUT2D eigenvalue weighted by atomic mass is 32.2. The minimum atomic E-state index is -4.32. The molecular weight excluding hydrogens is 534 g/mol. The number of amides is 1. The first-order valence-corrected chi connectivity index (χ1v) is 13.7. The third-order valence-electron chi connectivity index (χ3n) is 6.14. The molecule has 1 heterocycles. The summed E-state index contributed by atoms with van der Waals surface area (Å²) in [7, 11) is -0.917. The van der Waals surface area contributed by atoms with Gasteiger partial charge < -0.3 is 9.64 Å². The number of nitro benzene ring substituents is 1. The Morgan fingerprint density at radius 1 is 1.00 bits per heavy atom. The number of non-ortho nitro benzene ring substituents is 1. The SMILES string of the molecule is COc1ccc(Cc2nc(N(C)CCc3ccccc3)ncc2C(=O)NS(=O)(=O)c2ccc([N+](=O)[O-])cc2)cc1. The van der Waals surface area contributed by atoms with Crippen molar-refractivity contribution in [3.05, 3.63) is 118 Å². The van der Waals surface area contributed by atoms with E-state index in [1.165, 1.54) is 6.20 Å². The van der Waals surface area contributed by atoms with Gasteiger partial charge >= 0.3 is 0 Å². The number of carbonyl (C=O) groups excluding carboxylic acids is 1. The van der Waals surface area contributed by atoms with Crippen LogP contribution in [0.2, 0.25) is 0 Å². The molecule has 11 nitrogen and oxygen atoms in total. The molecule has 1 aromatic heterocycles. The van der Waals surface area contributed by atoms with E-state index in [0.29, 0.717) is 23.9 Å². The summed E-state index contributed by atoms with van der Waals surface area (Å²) < 4.78 is 33.0. The number of benzene rings is 3. The molecule has 12 heteroatoms. The van der Waals surface area contributed by atoms with Crippen LogP contribution in [0.1, 0.15) is 27.2 Å². The summed E-state index contributed by atoms with van der Waals surface area (Å²) in [6.45, 7) is 0.617. The highest BCUT2D eigenvalue weighted by molar-refractivity contribution is 7.90. The van der Waals surface area contributed by atoms with Gasteiger partial charge in [-0.3, -0.25) is 14.9 Å². The minimum Gasteiger partial charge on any atom is -0.497 e. The molecule has 0 unspecified atom stereocenters. The number of aromatic nitrogens is 2. The van der Waals surface area contributed by atoms with Crippen molar-refractivity contribution in [3.8, 4) is 5.75 Å². The number of sulfonamides is 1.